The third kappa shape index (κ3) is 7.24. The van der Waals surface area contributed by atoms with Crippen LogP contribution in [0.3, 0.4) is 0 Å². The fraction of sp³-hybridized carbons (Fsp3) is 1.00. The number of unbranched alkanes of at least 4 members (excludes halogenated alkanes) is 8. The highest BCUT2D eigenvalue weighted by atomic mass is 16.6. The number of rotatable bonds is 11. The van der Waals surface area contributed by atoms with E-state index in [0.29, 0.717) is 12.1 Å². The topological polar surface area (TPSA) is 38.5 Å². The summed E-state index contributed by atoms with van der Waals surface area (Å²) in [7, 11) is 0. The zero-order chi connectivity index (χ0) is 11.6. The van der Waals surface area contributed by atoms with Crippen LogP contribution in [0.2, 0.25) is 0 Å². The highest BCUT2D eigenvalue weighted by Gasteiger charge is 2.29. The van der Waals surface area contributed by atoms with Gasteiger partial charge in [0.05, 0.1) is 12.7 Å². The second kappa shape index (κ2) is 9.00. The molecular weight excluding hydrogens is 198 g/mol. The van der Waals surface area contributed by atoms with Crippen LogP contribution in [0, 0.1) is 0 Å². The summed E-state index contributed by atoms with van der Waals surface area (Å²) in [5.41, 5.74) is 5.95. The molecule has 1 heterocycles. The summed E-state index contributed by atoms with van der Waals surface area (Å²) in [6.07, 6.45) is 14.1. The van der Waals surface area contributed by atoms with Gasteiger partial charge in [0.2, 0.25) is 0 Å². The van der Waals surface area contributed by atoms with Crippen molar-refractivity contribution in [3.63, 3.8) is 0 Å². The second-order valence-electron chi connectivity index (χ2n) is 5.15. The molecule has 2 unspecified atom stereocenters. The minimum atomic E-state index is 0.310. The molecule has 1 aliphatic rings. The van der Waals surface area contributed by atoms with Gasteiger partial charge < -0.3 is 10.5 Å². The number of epoxide rings is 1. The van der Waals surface area contributed by atoms with Gasteiger partial charge in [-0.25, -0.2) is 0 Å². The Labute approximate surface area is 101 Å². The first kappa shape index (κ1) is 14.0. The molecule has 1 rings (SSSR count). The average molecular weight is 227 g/mol. The van der Waals surface area contributed by atoms with E-state index in [0.717, 1.165) is 13.0 Å². The highest BCUT2D eigenvalue weighted by Crippen LogP contribution is 2.17. The quantitative estimate of drug-likeness (QED) is 0.432. The van der Waals surface area contributed by atoms with Crippen LogP contribution in [0.15, 0.2) is 0 Å². The summed E-state index contributed by atoms with van der Waals surface area (Å²) in [5, 5.41) is 0. The van der Waals surface area contributed by atoms with Gasteiger partial charge in [0.15, 0.2) is 0 Å². The molecule has 0 saturated carbocycles. The van der Waals surface area contributed by atoms with Crippen LogP contribution in [-0.2, 0) is 4.74 Å². The molecule has 16 heavy (non-hydrogen) atoms. The highest BCUT2D eigenvalue weighted by molar-refractivity contribution is 4.81. The van der Waals surface area contributed by atoms with Gasteiger partial charge >= 0.3 is 0 Å². The number of nitrogens with two attached hydrogens (primary N) is 1. The Morgan fingerprint density at radius 2 is 1.50 bits per heavy atom. The summed E-state index contributed by atoms with van der Waals surface area (Å²) in [6.45, 7) is 3.17. The molecule has 0 amide bonds. The average Bonchev–Trinajstić information content (AvgIpc) is 3.10. The van der Waals surface area contributed by atoms with E-state index >= 15 is 0 Å². The fourth-order valence-electron chi connectivity index (χ4n) is 2.18. The minimum Gasteiger partial charge on any atom is -0.371 e. The largest absolute Gasteiger partial charge is 0.371 e. The molecular formula is C14H29NO. The van der Waals surface area contributed by atoms with Crippen molar-refractivity contribution >= 4 is 0 Å². The van der Waals surface area contributed by atoms with Crippen molar-refractivity contribution in [1.29, 1.82) is 0 Å². The minimum absolute atomic E-state index is 0.310. The third-order valence-corrected chi connectivity index (χ3v) is 3.48. The summed E-state index contributed by atoms with van der Waals surface area (Å²) >= 11 is 0. The molecule has 0 spiro atoms. The third-order valence-electron chi connectivity index (χ3n) is 3.48. The molecule has 0 aromatic rings. The van der Waals surface area contributed by atoms with E-state index in [1.807, 2.05) is 0 Å². The molecule has 0 aromatic heterocycles. The maximum Gasteiger partial charge on any atom is 0.0960 e. The van der Waals surface area contributed by atoms with Crippen LogP contribution in [0.4, 0.5) is 0 Å². The maximum absolute atomic E-state index is 5.95. The molecule has 1 saturated heterocycles. The lowest BCUT2D eigenvalue weighted by Gasteiger charge is -2.07. The molecule has 0 radical (unpaired) electrons. The van der Waals surface area contributed by atoms with Crippen LogP contribution in [-0.4, -0.2) is 18.8 Å². The van der Waals surface area contributed by atoms with Gasteiger partial charge in [0, 0.05) is 6.04 Å². The van der Waals surface area contributed by atoms with Gasteiger partial charge in [-0.15, -0.1) is 0 Å². The van der Waals surface area contributed by atoms with Crippen molar-refractivity contribution in [2.45, 2.75) is 83.3 Å². The second-order valence-corrected chi connectivity index (χ2v) is 5.15. The van der Waals surface area contributed by atoms with Crippen molar-refractivity contribution in [3.05, 3.63) is 0 Å². The Balaban J connectivity index is 1.71. The first-order valence-corrected chi connectivity index (χ1v) is 7.21. The van der Waals surface area contributed by atoms with Gasteiger partial charge in [0.1, 0.15) is 0 Å². The molecule has 0 aliphatic carbocycles. The molecule has 2 nitrogen and oxygen atoms in total. The molecule has 96 valence electrons. The fourth-order valence-corrected chi connectivity index (χ4v) is 2.18. The maximum atomic E-state index is 5.95. The lowest BCUT2D eigenvalue weighted by Crippen LogP contribution is -2.26. The predicted molar refractivity (Wildman–Crippen MR) is 69.6 cm³/mol. The Hall–Kier alpha value is -0.0800. The molecule has 2 heteroatoms. The van der Waals surface area contributed by atoms with E-state index in [2.05, 4.69) is 6.92 Å². The van der Waals surface area contributed by atoms with Gasteiger partial charge in [-0.1, -0.05) is 64.7 Å². The predicted octanol–water partition coefficient (Wildman–Crippen LogP) is 3.63. The molecule has 2 N–H and O–H groups in total. The number of hydrogen-bond donors (Lipinski definition) is 1. The van der Waals surface area contributed by atoms with Gasteiger partial charge in [0.25, 0.3) is 0 Å². The Morgan fingerprint density at radius 1 is 1.00 bits per heavy atom. The van der Waals surface area contributed by atoms with Crippen LogP contribution < -0.4 is 5.73 Å². The Morgan fingerprint density at radius 3 is 2.00 bits per heavy atom. The van der Waals surface area contributed by atoms with E-state index < -0.39 is 0 Å². The monoisotopic (exact) mass is 227 g/mol. The lowest BCUT2D eigenvalue weighted by atomic mass is 10.0. The SMILES string of the molecule is CCCCCCCCCCCC(N)C1CO1. The van der Waals surface area contributed by atoms with Crippen LogP contribution >= 0.6 is 0 Å². The first-order valence-electron chi connectivity index (χ1n) is 7.21. The van der Waals surface area contributed by atoms with E-state index in [9.17, 15) is 0 Å². The van der Waals surface area contributed by atoms with Gasteiger partial charge in [-0.05, 0) is 6.42 Å². The summed E-state index contributed by atoms with van der Waals surface area (Å²) in [5.74, 6) is 0. The first-order chi connectivity index (χ1) is 7.84. The summed E-state index contributed by atoms with van der Waals surface area (Å²) in [6, 6.07) is 0.310. The summed E-state index contributed by atoms with van der Waals surface area (Å²) in [4.78, 5) is 0. The normalized spacial score (nSPS) is 21.0. The van der Waals surface area contributed by atoms with Crippen molar-refractivity contribution < 1.29 is 4.74 Å². The van der Waals surface area contributed by atoms with Crippen molar-refractivity contribution in [3.8, 4) is 0 Å². The molecule has 1 fully saturated rings. The standard InChI is InChI=1S/C14H29NO/c1-2-3-4-5-6-7-8-9-10-11-13(15)14-12-16-14/h13-14H,2-12,15H2,1H3. The number of hydrogen-bond acceptors (Lipinski definition) is 2. The van der Waals surface area contributed by atoms with Gasteiger partial charge in [-0.2, -0.15) is 0 Å². The lowest BCUT2D eigenvalue weighted by molar-refractivity contribution is 0.358. The van der Waals surface area contributed by atoms with E-state index in [4.69, 9.17) is 10.5 Å². The summed E-state index contributed by atoms with van der Waals surface area (Å²) < 4.78 is 5.18. The smallest absolute Gasteiger partial charge is 0.0960 e. The van der Waals surface area contributed by atoms with E-state index in [1.165, 1.54) is 57.8 Å². The van der Waals surface area contributed by atoms with Crippen LogP contribution in [0.1, 0.15) is 71.1 Å². The van der Waals surface area contributed by atoms with Crippen LogP contribution in [0.5, 0.6) is 0 Å². The van der Waals surface area contributed by atoms with E-state index in [1.54, 1.807) is 0 Å². The van der Waals surface area contributed by atoms with Crippen LogP contribution in [0.25, 0.3) is 0 Å². The zero-order valence-corrected chi connectivity index (χ0v) is 10.9. The molecule has 0 aromatic carbocycles. The zero-order valence-electron chi connectivity index (χ0n) is 10.9. The Bertz CT molecular complexity index is 157. The number of ether oxygens (including phenoxy) is 1. The van der Waals surface area contributed by atoms with Crippen molar-refractivity contribution in [1.82, 2.24) is 0 Å². The van der Waals surface area contributed by atoms with Crippen molar-refractivity contribution in [2.24, 2.45) is 5.73 Å². The molecule has 1 aliphatic heterocycles. The van der Waals surface area contributed by atoms with Gasteiger partial charge in [-0.3, -0.25) is 0 Å². The molecule has 0 bridgehead atoms. The molecule has 2 atom stereocenters. The Kier molecular flexibility index (Phi) is 7.87. The van der Waals surface area contributed by atoms with Crippen molar-refractivity contribution in [2.75, 3.05) is 6.61 Å². The van der Waals surface area contributed by atoms with E-state index in [-0.39, 0.29) is 0 Å².